The molecule has 1 aliphatic rings. The number of likely N-dealkylation sites (tertiary alicyclic amines) is 1. The standard InChI is InChI=1S/C7H13N2.C2F6NO4S2/c1-9(7-4-8)5-2-3-6-9;3-1(4,5)14(10,11)9-15(12,13)2(6,7)8/h2-3,5-7H2,1H3;/q+1;-1. The number of hydrogen-bond donors (Lipinski definition) is 0. The predicted octanol–water partition coefficient (Wildman–Crippen LogP) is 1.81. The van der Waals surface area contributed by atoms with Gasteiger partial charge in [0.15, 0.2) is 26.6 Å². The van der Waals surface area contributed by atoms with Crippen LogP contribution in [0.4, 0.5) is 26.3 Å². The molecule has 1 aliphatic heterocycles. The molecule has 7 nitrogen and oxygen atoms in total. The van der Waals surface area contributed by atoms with Crippen LogP contribution in [0.25, 0.3) is 4.13 Å². The number of halogens is 6. The van der Waals surface area contributed by atoms with Gasteiger partial charge in [0.25, 0.3) is 0 Å². The number of sulfonamides is 2. The molecule has 0 aromatic heterocycles. The molecule has 0 aromatic carbocycles. The Hall–Kier alpha value is -1.11. The molecule has 1 fully saturated rings. The van der Waals surface area contributed by atoms with E-state index >= 15 is 0 Å². The summed E-state index contributed by atoms with van der Waals surface area (Å²) in [6.07, 6.45) is 2.61. The zero-order valence-electron chi connectivity index (χ0n) is 12.1. The summed E-state index contributed by atoms with van der Waals surface area (Å²) in [5.74, 6) is 0. The van der Waals surface area contributed by atoms with Gasteiger partial charge < -0.3 is 8.61 Å². The van der Waals surface area contributed by atoms with Crippen molar-refractivity contribution in [2.75, 3.05) is 26.7 Å². The van der Waals surface area contributed by atoms with E-state index in [4.69, 9.17) is 5.26 Å². The molecular weight excluding hydrogens is 392 g/mol. The van der Waals surface area contributed by atoms with Gasteiger partial charge in [0.1, 0.15) is 6.07 Å². The minimum absolute atomic E-state index is 0.694. The molecule has 0 aromatic rings. The van der Waals surface area contributed by atoms with Gasteiger partial charge in [-0.2, -0.15) is 31.6 Å². The number of nitriles is 1. The first kappa shape index (κ1) is 22.9. The Labute approximate surface area is 134 Å². The fourth-order valence-electron chi connectivity index (χ4n) is 1.64. The lowest BCUT2D eigenvalue weighted by molar-refractivity contribution is -0.890. The summed E-state index contributed by atoms with van der Waals surface area (Å²) in [6, 6.07) is 2.22. The third kappa shape index (κ3) is 6.42. The SMILES string of the molecule is C[N+]1(CC#N)CCCC1.O=S(=O)([N-]S(=O)(=O)C(F)(F)F)C(F)(F)F. The first-order chi connectivity index (χ1) is 10.5. The van der Waals surface area contributed by atoms with E-state index in [-0.39, 0.29) is 0 Å². The molecule has 142 valence electrons. The molecule has 0 N–H and O–H groups in total. The quantitative estimate of drug-likeness (QED) is 0.404. The highest BCUT2D eigenvalue weighted by molar-refractivity contribution is 8.13. The van der Waals surface area contributed by atoms with E-state index in [1.165, 1.54) is 25.9 Å². The van der Waals surface area contributed by atoms with Crippen LogP contribution in [0.2, 0.25) is 0 Å². The maximum Gasteiger partial charge on any atom is 0.480 e. The van der Waals surface area contributed by atoms with Crippen LogP contribution < -0.4 is 0 Å². The van der Waals surface area contributed by atoms with Crippen LogP contribution in [0, 0.1) is 11.3 Å². The Morgan fingerprint density at radius 2 is 1.29 bits per heavy atom. The molecule has 0 saturated carbocycles. The lowest BCUT2D eigenvalue weighted by Crippen LogP contribution is -2.40. The Bertz CT molecular complexity index is 630. The average molecular weight is 405 g/mol. The van der Waals surface area contributed by atoms with Gasteiger partial charge in [-0.25, -0.2) is 16.8 Å². The second-order valence-electron chi connectivity index (χ2n) is 5.01. The zero-order chi connectivity index (χ0) is 19.4. The van der Waals surface area contributed by atoms with Crippen molar-refractivity contribution in [3.63, 3.8) is 0 Å². The molecule has 0 atom stereocenters. The van der Waals surface area contributed by atoms with Gasteiger partial charge in [-0.1, -0.05) is 0 Å². The molecule has 1 saturated heterocycles. The first-order valence-electron chi connectivity index (χ1n) is 6.05. The van der Waals surface area contributed by atoms with E-state index in [1.807, 2.05) is 0 Å². The fourth-order valence-corrected chi connectivity index (χ4v) is 3.35. The summed E-state index contributed by atoms with van der Waals surface area (Å²) in [5.41, 5.74) is -12.4. The van der Waals surface area contributed by atoms with Crippen molar-refractivity contribution in [1.82, 2.24) is 0 Å². The Morgan fingerprint density at radius 1 is 0.958 bits per heavy atom. The Kier molecular flexibility index (Phi) is 7.07. The number of alkyl halides is 6. The predicted molar refractivity (Wildman–Crippen MR) is 68.9 cm³/mol. The highest BCUT2D eigenvalue weighted by Crippen LogP contribution is 2.36. The smallest absolute Gasteiger partial charge is 0.421 e. The maximum atomic E-state index is 11.4. The fraction of sp³-hybridized carbons (Fsp3) is 0.889. The van der Waals surface area contributed by atoms with Gasteiger partial charge in [0.2, 0.25) is 0 Å². The summed E-state index contributed by atoms with van der Waals surface area (Å²) in [5, 5.41) is 8.43. The van der Waals surface area contributed by atoms with Gasteiger partial charge in [-0.3, -0.25) is 0 Å². The lowest BCUT2D eigenvalue weighted by Gasteiger charge is -2.25. The number of quaternary nitrogens is 1. The van der Waals surface area contributed by atoms with Gasteiger partial charge in [-0.05, 0) is 0 Å². The number of nitrogens with zero attached hydrogens (tertiary/aromatic N) is 3. The summed E-state index contributed by atoms with van der Waals surface area (Å²) < 4.78 is 110. The van der Waals surface area contributed by atoms with Gasteiger partial charge in [-0.15, -0.1) is 0 Å². The summed E-state index contributed by atoms with van der Waals surface area (Å²) in [7, 11) is -11.3. The van der Waals surface area contributed by atoms with E-state index in [1.54, 1.807) is 0 Å². The normalized spacial score (nSPS) is 18.4. The number of rotatable bonds is 3. The van der Waals surface area contributed by atoms with Crippen LogP contribution in [0.15, 0.2) is 0 Å². The van der Waals surface area contributed by atoms with Crippen molar-refractivity contribution in [2.45, 2.75) is 23.9 Å². The molecule has 0 amide bonds. The van der Waals surface area contributed by atoms with Crippen LogP contribution in [-0.2, 0) is 20.0 Å². The third-order valence-electron chi connectivity index (χ3n) is 2.88. The van der Waals surface area contributed by atoms with Crippen molar-refractivity contribution in [2.24, 2.45) is 0 Å². The van der Waals surface area contributed by atoms with Crippen molar-refractivity contribution < 1.29 is 47.7 Å². The molecule has 0 spiro atoms. The highest BCUT2D eigenvalue weighted by atomic mass is 32.3. The zero-order valence-corrected chi connectivity index (χ0v) is 13.7. The van der Waals surface area contributed by atoms with E-state index in [9.17, 15) is 43.2 Å². The van der Waals surface area contributed by atoms with Crippen molar-refractivity contribution in [1.29, 1.82) is 5.26 Å². The molecule has 0 aliphatic carbocycles. The molecular formula is C9H13F6N3O4S2. The summed E-state index contributed by atoms with van der Waals surface area (Å²) in [6.45, 7) is 3.10. The molecule has 24 heavy (non-hydrogen) atoms. The number of hydrogen-bond acceptors (Lipinski definition) is 5. The van der Waals surface area contributed by atoms with Crippen LogP contribution in [0.3, 0.4) is 0 Å². The van der Waals surface area contributed by atoms with Crippen LogP contribution in [-0.4, -0.2) is 59.0 Å². The monoisotopic (exact) mass is 405 g/mol. The average Bonchev–Trinajstić information content (AvgIpc) is 2.72. The van der Waals surface area contributed by atoms with Crippen molar-refractivity contribution in [3.05, 3.63) is 4.13 Å². The van der Waals surface area contributed by atoms with E-state index < -0.39 is 31.1 Å². The van der Waals surface area contributed by atoms with Gasteiger partial charge in [0.05, 0.1) is 20.1 Å². The summed E-state index contributed by atoms with van der Waals surface area (Å²) in [4.78, 5) is 0. The van der Waals surface area contributed by atoms with Crippen LogP contribution >= 0.6 is 0 Å². The van der Waals surface area contributed by atoms with E-state index in [0.29, 0.717) is 6.54 Å². The molecule has 1 rings (SSSR count). The second-order valence-corrected chi connectivity index (χ2v) is 8.43. The molecule has 0 radical (unpaired) electrons. The summed E-state index contributed by atoms with van der Waals surface area (Å²) >= 11 is 0. The highest BCUT2D eigenvalue weighted by Gasteiger charge is 2.46. The molecule has 0 unspecified atom stereocenters. The second kappa shape index (κ2) is 7.42. The Morgan fingerprint density at radius 3 is 1.54 bits per heavy atom. The minimum atomic E-state index is -6.72. The lowest BCUT2D eigenvalue weighted by atomic mass is 10.4. The van der Waals surface area contributed by atoms with Crippen LogP contribution in [0.1, 0.15) is 12.8 Å². The van der Waals surface area contributed by atoms with Gasteiger partial charge in [0, 0.05) is 12.8 Å². The topological polar surface area (TPSA) is 106 Å². The Balaban J connectivity index is 0.000000496. The first-order valence-corrected chi connectivity index (χ1v) is 8.93. The molecule has 1 heterocycles. The van der Waals surface area contributed by atoms with Crippen LogP contribution in [0.5, 0.6) is 0 Å². The maximum absolute atomic E-state index is 11.4. The molecule has 0 bridgehead atoms. The largest absolute Gasteiger partial charge is 0.480 e. The minimum Gasteiger partial charge on any atom is -0.421 e. The van der Waals surface area contributed by atoms with E-state index in [0.717, 1.165) is 8.61 Å². The van der Waals surface area contributed by atoms with Crippen molar-refractivity contribution in [3.8, 4) is 6.07 Å². The van der Waals surface area contributed by atoms with Crippen molar-refractivity contribution >= 4 is 20.0 Å². The van der Waals surface area contributed by atoms with Gasteiger partial charge >= 0.3 is 11.0 Å². The molecule has 15 heteroatoms. The third-order valence-corrected chi connectivity index (χ3v) is 5.62. The van der Waals surface area contributed by atoms with E-state index in [2.05, 4.69) is 13.1 Å².